The lowest BCUT2D eigenvalue weighted by molar-refractivity contribution is -0.193. The SMILES string of the molecule is CCCC(CC)CCCCC(C)CCC(CC(=O)OCC)C(=O)OCC.O=C=O.O=C=O. The van der Waals surface area contributed by atoms with Gasteiger partial charge in [-0.1, -0.05) is 65.7 Å². The molecule has 0 rings (SSSR count). The van der Waals surface area contributed by atoms with Gasteiger partial charge in [0.2, 0.25) is 0 Å². The fourth-order valence-corrected chi connectivity index (χ4v) is 3.50. The topological polar surface area (TPSA) is 121 Å². The average Bonchev–Trinajstić information content (AvgIpc) is 2.74. The molecule has 0 aliphatic carbocycles. The Morgan fingerprint density at radius 3 is 1.75 bits per heavy atom. The van der Waals surface area contributed by atoms with Crippen molar-refractivity contribution < 1.29 is 38.2 Å². The van der Waals surface area contributed by atoms with E-state index < -0.39 is 0 Å². The fraction of sp³-hybridized carbons (Fsp3) is 0.833. The second-order valence-corrected chi connectivity index (χ2v) is 7.65. The Morgan fingerprint density at radius 2 is 1.28 bits per heavy atom. The Balaban J connectivity index is -0.00000125. The maximum Gasteiger partial charge on any atom is 0.373 e. The van der Waals surface area contributed by atoms with Crippen LogP contribution in [-0.4, -0.2) is 37.5 Å². The number of carbonyl (C=O) groups excluding carboxylic acids is 6. The van der Waals surface area contributed by atoms with E-state index in [1.807, 2.05) is 0 Å². The van der Waals surface area contributed by atoms with E-state index in [1.165, 1.54) is 44.9 Å². The molecule has 0 aromatic heterocycles. The summed E-state index contributed by atoms with van der Waals surface area (Å²) in [6, 6.07) is 0. The highest BCUT2D eigenvalue weighted by atomic mass is 16.5. The van der Waals surface area contributed by atoms with Gasteiger partial charge in [0.25, 0.3) is 0 Å². The normalized spacial score (nSPS) is 12.3. The van der Waals surface area contributed by atoms with Crippen LogP contribution < -0.4 is 0 Å². The molecule has 0 heterocycles. The van der Waals surface area contributed by atoms with Gasteiger partial charge in [0, 0.05) is 0 Å². The first-order chi connectivity index (χ1) is 15.3. The zero-order chi connectivity index (χ0) is 25.2. The van der Waals surface area contributed by atoms with Gasteiger partial charge in [-0.05, 0) is 38.5 Å². The van der Waals surface area contributed by atoms with E-state index in [-0.39, 0.29) is 36.6 Å². The Morgan fingerprint density at radius 1 is 0.750 bits per heavy atom. The van der Waals surface area contributed by atoms with Gasteiger partial charge >= 0.3 is 24.2 Å². The van der Waals surface area contributed by atoms with Crippen LogP contribution in [0, 0.1) is 17.8 Å². The minimum Gasteiger partial charge on any atom is -0.466 e. The van der Waals surface area contributed by atoms with E-state index in [9.17, 15) is 9.59 Å². The standard InChI is InChI=1S/C22H42O4.2CO2/c1-6-12-19(7-2)14-11-10-13-18(5)15-16-20(22(24)26-9-4)17-21(23)25-8-3;2*2-1-3/h18-20H,6-17H2,1-5H3;;. The maximum atomic E-state index is 12.1. The van der Waals surface area contributed by atoms with Crippen LogP contribution in [0.2, 0.25) is 0 Å². The molecule has 0 bridgehead atoms. The first kappa shape index (κ1) is 34.3. The summed E-state index contributed by atoms with van der Waals surface area (Å²) >= 11 is 0. The van der Waals surface area contributed by atoms with Gasteiger partial charge in [-0.3, -0.25) is 9.59 Å². The van der Waals surface area contributed by atoms with Gasteiger partial charge in [0.05, 0.1) is 25.6 Å². The zero-order valence-corrected chi connectivity index (χ0v) is 20.5. The quantitative estimate of drug-likeness (QED) is 0.240. The summed E-state index contributed by atoms with van der Waals surface area (Å²) in [4.78, 5) is 56.3. The van der Waals surface area contributed by atoms with Crippen LogP contribution >= 0.6 is 0 Å². The minimum atomic E-state index is -0.370. The predicted octanol–water partition coefficient (Wildman–Crippen LogP) is 4.75. The Hall–Kier alpha value is -2.30. The molecule has 0 saturated carbocycles. The third-order valence-corrected chi connectivity index (χ3v) is 5.18. The second kappa shape index (κ2) is 26.7. The fourth-order valence-electron chi connectivity index (χ4n) is 3.50. The first-order valence-electron chi connectivity index (χ1n) is 11.6. The lowest BCUT2D eigenvalue weighted by Gasteiger charge is -2.18. The number of unbranched alkanes of at least 4 members (excludes halogenated alkanes) is 1. The molecule has 0 saturated heterocycles. The van der Waals surface area contributed by atoms with E-state index in [0.29, 0.717) is 25.6 Å². The van der Waals surface area contributed by atoms with Crippen molar-refractivity contribution in [3.63, 3.8) is 0 Å². The highest BCUT2D eigenvalue weighted by molar-refractivity contribution is 5.79. The van der Waals surface area contributed by atoms with E-state index in [2.05, 4.69) is 20.8 Å². The monoisotopic (exact) mass is 458 g/mol. The van der Waals surface area contributed by atoms with Crippen LogP contribution in [0.3, 0.4) is 0 Å². The molecule has 3 atom stereocenters. The van der Waals surface area contributed by atoms with Crippen molar-refractivity contribution in [3.8, 4) is 0 Å². The molecule has 0 aliphatic rings. The number of hydrogen-bond donors (Lipinski definition) is 0. The van der Waals surface area contributed by atoms with Crippen molar-refractivity contribution in [2.45, 2.75) is 98.8 Å². The van der Waals surface area contributed by atoms with Gasteiger partial charge < -0.3 is 9.47 Å². The lowest BCUT2D eigenvalue weighted by atomic mass is 9.89. The molecule has 3 unspecified atom stereocenters. The smallest absolute Gasteiger partial charge is 0.373 e. The molecule has 0 fully saturated rings. The summed E-state index contributed by atoms with van der Waals surface area (Å²) in [6.07, 6.45) is 11.3. The molecular weight excluding hydrogens is 416 g/mol. The third-order valence-electron chi connectivity index (χ3n) is 5.18. The van der Waals surface area contributed by atoms with Crippen LogP contribution in [0.4, 0.5) is 0 Å². The summed E-state index contributed by atoms with van der Waals surface area (Å²) in [7, 11) is 0. The molecule has 8 heteroatoms. The van der Waals surface area contributed by atoms with Crippen LogP contribution in [0.15, 0.2) is 0 Å². The van der Waals surface area contributed by atoms with Crippen molar-refractivity contribution in [1.82, 2.24) is 0 Å². The van der Waals surface area contributed by atoms with Crippen molar-refractivity contribution in [3.05, 3.63) is 0 Å². The average molecular weight is 459 g/mol. The van der Waals surface area contributed by atoms with Gasteiger partial charge in [-0.2, -0.15) is 19.2 Å². The molecule has 186 valence electrons. The molecular formula is C24H42O8. The predicted molar refractivity (Wildman–Crippen MR) is 117 cm³/mol. The Kier molecular flexibility index (Phi) is 28.7. The molecule has 32 heavy (non-hydrogen) atoms. The number of hydrogen-bond acceptors (Lipinski definition) is 8. The van der Waals surface area contributed by atoms with E-state index in [1.54, 1.807) is 13.8 Å². The summed E-state index contributed by atoms with van der Waals surface area (Å²) < 4.78 is 10.1. The number of ether oxygens (including phenoxy) is 2. The molecule has 0 amide bonds. The molecule has 0 radical (unpaired) electrons. The van der Waals surface area contributed by atoms with Crippen molar-refractivity contribution in [2.75, 3.05) is 13.2 Å². The second-order valence-electron chi connectivity index (χ2n) is 7.65. The van der Waals surface area contributed by atoms with E-state index in [0.717, 1.165) is 12.3 Å². The zero-order valence-electron chi connectivity index (χ0n) is 20.5. The van der Waals surface area contributed by atoms with Gasteiger partial charge in [-0.25, -0.2) is 0 Å². The van der Waals surface area contributed by atoms with Crippen molar-refractivity contribution >= 4 is 24.2 Å². The van der Waals surface area contributed by atoms with Crippen molar-refractivity contribution in [2.24, 2.45) is 17.8 Å². The van der Waals surface area contributed by atoms with Gasteiger partial charge in [-0.15, -0.1) is 0 Å². The highest BCUT2D eigenvalue weighted by Crippen LogP contribution is 2.24. The van der Waals surface area contributed by atoms with Crippen LogP contribution in [-0.2, 0) is 38.2 Å². The molecule has 8 nitrogen and oxygen atoms in total. The van der Waals surface area contributed by atoms with Crippen molar-refractivity contribution in [1.29, 1.82) is 0 Å². The minimum absolute atomic E-state index is 0.134. The lowest BCUT2D eigenvalue weighted by Crippen LogP contribution is -2.23. The van der Waals surface area contributed by atoms with Gasteiger partial charge in [0.1, 0.15) is 0 Å². The third kappa shape index (κ3) is 24.0. The summed E-state index contributed by atoms with van der Waals surface area (Å²) in [6.45, 7) is 11.1. The van der Waals surface area contributed by atoms with E-state index in [4.69, 9.17) is 28.7 Å². The highest BCUT2D eigenvalue weighted by Gasteiger charge is 2.24. The first-order valence-corrected chi connectivity index (χ1v) is 11.6. The molecule has 0 N–H and O–H groups in total. The van der Waals surface area contributed by atoms with Crippen LogP contribution in [0.5, 0.6) is 0 Å². The maximum absolute atomic E-state index is 12.1. The van der Waals surface area contributed by atoms with Crippen LogP contribution in [0.1, 0.15) is 98.8 Å². The van der Waals surface area contributed by atoms with E-state index >= 15 is 0 Å². The molecule has 0 aromatic rings. The number of rotatable bonds is 16. The summed E-state index contributed by atoms with van der Waals surface area (Å²) in [5.74, 6) is 0.511. The summed E-state index contributed by atoms with van der Waals surface area (Å²) in [5, 5.41) is 0. The molecule has 0 aliphatic heterocycles. The summed E-state index contributed by atoms with van der Waals surface area (Å²) in [5.41, 5.74) is 0. The van der Waals surface area contributed by atoms with Crippen LogP contribution in [0.25, 0.3) is 0 Å². The molecule has 0 spiro atoms. The van der Waals surface area contributed by atoms with Gasteiger partial charge in [0.15, 0.2) is 0 Å². The largest absolute Gasteiger partial charge is 0.466 e. The number of esters is 2. The number of carbonyl (C=O) groups is 2. The Bertz CT molecular complexity index is 508. The molecule has 0 aromatic carbocycles. The Labute approximate surface area is 192 Å².